The van der Waals surface area contributed by atoms with E-state index in [1.54, 1.807) is 18.4 Å². The normalized spacial score (nSPS) is 11.1. The maximum atomic E-state index is 5.47. The van der Waals surface area contributed by atoms with Gasteiger partial charge in [0.1, 0.15) is 5.75 Å². The summed E-state index contributed by atoms with van der Waals surface area (Å²) in [6, 6.07) is 0. The summed E-state index contributed by atoms with van der Waals surface area (Å²) in [5.41, 5.74) is 6.38. The largest absolute Gasteiger partial charge is 0.496 e. The molecule has 2 aromatic rings. The molecule has 21 heavy (non-hydrogen) atoms. The lowest BCUT2D eigenvalue weighted by Gasteiger charge is -2.18. The number of thiazole rings is 1. The Labute approximate surface area is 130 Å². The Hall–Kier alpha value is -1.46. The molecule has 4 nitrogen and oxygen atoms in total. The second-order valence-electron chi connectivity index (χ2n) is 5.39. The van der Waals surface area contributed by atoms with Crippen molar-refractivity contribution in [3.8, 4) is 5.75 Å². The van der Waals surface area contributed by atoms with Crippen molar-refractivity contribution in [3.63, 3.8) is 0 Å². The van der Waals surface area contributed by atoms with Crippen LogP contribution in [-0.2, 0) is 13.0 Å². The fraction of sp³-hybridized carbons (Fsp3) is 0.500. The summed E-state index contributed by atoms with van der Waals surface area (Å²) in [4.78, 5) is 12.5. The minimum atomic E-state index is 0.834. The highest BCUT2D eigenvalue weighted by Gasteiger charge is 2.12. The fourth-order valence-electron chi connectivity index (χ4n) is 2.42. The molecular weight excluding hydrogens is 282 g/mol. The first kappa shape index (κ1) is 15.9. The Morgan fingerprint density at radius 2 is 2.00 bits per heavy atom. The first-order chi connectivity index (χ1) is 10.0. The molecule has 0 spiro atoms. The van der Waals surface area contributed by atoms with Gasteiger partial charge in [0.05, 0.1) is 24.0 Å². The summed E-state index contributed by atoms with van der Waals surface area (Å²) in [5.74, 6) is 0.951. The zero-order chi connectivity index (χ0) is 15.4. The van der Waals surface area contributed by atoms with Crippen LogP contribution < -0.4 is 4.74 Å². The van der Waals surface area contributed by atoms with Crippen LogP contribution in [0, 0.1) is 20.8 Å². The van der Waals surface area contributed by atoms with E-state index in [1.807, 2.05) is 18.6 Å². The van der Waals surface area contributed by atoms with Gasteiger partial charge in [0, 0.05) is 35.3 Å². The van der Waals surface area contributed by atoms with Gasteiger partial charge in [-0.25, -0.2) is 4.98 Å². The van der Waals surface area contributed by atoms with E-state index in [0.717, 1.165) is 47.8 Å². The molecule has 2 heterocycles. The van der Waals surface area contributed by atoms with Gasteiger partial charge >= 0.3 is 0 Å². The van der Waals surface area contributed by atoms with Gasteiger partial charge in [-0.1, -0.05) is 0 Å². The zero-order valence-electron chi connectivity index (χ0n) is 13.4. The predicted octanol–water partition coefficient (Wildman–Crippen LogP) is 3.15. The Bertz CT molecular complexity index is 610. The number of aryl methyl sites for hydroxylation is 2. The summed E-state index contributed by atoms with van der Waals surface area (Å²) in [6.07, 6.45) is 2.93. The molecule has 114 valence electrons. The van der Waals surface area contributed by atoms with Crippen LogP contribution in [0.15, 0.2) is 11.7 Å². The Morgan fingerprint density at radius 1 is 1.24 bits per heavy atom. The standard InChI is InChI=1S/C16H23N3OS/c1-11-8-17-14(12(2)16(11)20-5)9-19(4)7-6-15-13(3)18-10-21-15/h8,10H,6-7,9H2,1-5H3. The summed E-state index contributed by atoms with van der Waals surface area (Å²) < 4.78 is 5.47. The van der Waals surface area contributed by atoms with Gasteiger partial charge in [0.2, 0.25) is 0 Å². The highest BCUT2D eigenvalue weighted by molar-refractivity contribution is 7.09. The molecule has 0 aromatic carbocycles. The van der Waals surface area contributed by atoms with Gasteiger partial charge in [-0.2, -0.15) is 0 Å². The lowest BCUT2D eigenvalue weighted by molar-refractivity contribution is 0.325. The van der Waals surface area contributed by atoms with E-state index in [9.17, 15) is 0 Å². The van der Waals surface area contributed by atoms with E-state index >= 15 is 0 Å². The number of methoxy groups -OCH3 is 1. The van der Waals surface area contributed by atoms with Crippen LogP contribution in [0.2, 0.25) is 0 Å². The summed E-state index contributed by atoms with van der Waals surface area (Å²) in [6.45, 7) is 8.01. The smallest absolute Gasteiger partial charge is 0.128 e. The molecule has 0 aliphatic heterocycles. The number of likely N-dealkylation sites (N-methyl/N-ethyl adjacent to an activating group) is 1. The molecule has 0 amide bonds. The number of hydrogen-bond acceptors (Lipinski definition) is 5. The van der Waals surface area contributed by atoms with Gasteiger partial charge < -0.3 is 9.64 Å². The average molecular weight is 305 g/mol. The SMILES string of the molecule is COc1c(C)cnc(CN(C)CCc2scnc2C)c1C. The second-order valence-corrected chi connectivity index (χ2v) is 6.33. The van der Waals surface area contributed by atoms with Crippen LogP contribution in [-0.4, -0.2) is 35.6 Å². The molecular formula is C16H23N3OS. The number of nitrogens with zero attached hydrogens (tertiary/aromatic N) is 3. The maximum absolute atomic E-state index is 5.47. The van der Waals surface area contributed by atoms with Crippen molar-refractivity contribution in [3.05, 3.63) is 39.1 Å². The van der Waals surface area contributed by atoms with E-state index in [1.165, 1.54) is 4.88 Å². The quantitative estimate of drug-likeness (QED) is 0.822. The Balaban J connectivity index is 2.00. The number of pyridine rings is 1. The van der Waals surface area contributed by atoms with Crippen LogP contribution in [0.1, 0.15) is 27.4 Å². The predicted molar refractivity (Wildman–Crippen MR) is 87.2 cm³/mol. The van der Waals surface area contributed by atoms with Crippen molar-refractivity contribution in [2.24, 2.45) is 0 Å². The Morgan fingerprint density at radius 3 is 2.62 bits per heavy atom. The van der Waals surface area contributed by atoms with Crippen molar-refractivity contribution in [1.82, 2.24) is 14.9 Å². The molecule has 2 rings (SSSR count). The number of ether oxygens (including phenoxy) is 1. The van der Waals surface area contributed by atoms with Crippen LogP contribution in [0.4, 0.5) is 0 Å². The summed E-state index contributed by atoms with van der Waals surface area (Å²) >= 11 is 1.74. The van der Waals surface area contributed by atoms with Crippen LogP contribution >= 0.6 is 11.3 Å². The minimum absolute atomic E-state index is 0.834. The zero-order valence-corrected chi connectivity index (χ0v) is 14.3. The molecule has 0 radical (unpaired) electrons. The molecule has 0 unspecified atom stereocenters. The summed E-state index contributed by atoms with van der Waals surface area (Å²) in [5, 5.41) is 0. The number of rotatable bonds is 6. The third-order valence-electron chi connectivity index (χ3n) is 3.73. The van der Waals surface area contributed by atoms with Gasteiger partial charge in [-0.3, -0.25) is 4.98 Å². The molecule has 0 bridgehead atoms. The summed E-state index contributed by atoms with van der Waals surface area (Å²) in [7, 11) is 3.85. The highest BCUT2D eigenvalue weighted by Crippen LogP contribution is 2.24. The Kier molecular flexibility index (Phi) is 5.31. The monoisotopic (exact) mass is 305 g/mol. The van der Waals surface area contributed by atoms with Gasteiger partial charge in [0.15, 0.2) is 0 Å². The number of aromatic nitrogens is 2. The molecule has 0 aliphatic carbocycles. The second kappa shape index (κ2) is 7.00. The molecule has 2 aromatic heterocycles. The molecule has 0 saturated carbocycles. The lowest BCUT2D eigenvalue weighted by Crippen LogP contribution is -2.22. The molecule has 0 atom stereocenters. The minimum Gasteiger partial charge on any atom is -0.496 e. The fourth-order valence-corrected chi connectivity index (χ4v) is 3.19. The number of hydrogen-bond donors (Lipinski definition) is 0. The van der Waals surface area contributed by atoms with E-state index in [2.05, 4.69) is 35.8 Å². The van der Waals surface area contributed by atoms with Crippen LogP contribution in [0.25, 0.3) is 0 Å². The van der Waals surface area contributed by atoms with E-state index in [0.29, 0.717) is 0 Å². The first-order valence-electron chi connectivity index (χ1n) is 7.09. The van der Waals surface area contributed by atoms with Gasteiger partial charge in [0.25, 0.3) is 0 Å². The van der Waals surface area contributed by atoms with Gasteiger partial charge in [-0.05, 0) is 34.2 Å². The lowest BCUT2D eigenvalue weighted by atomic mass is 10.1. The third-order valence-corrected chi connectivity index (χ3v) is 4.73. The third kappa shape index (κ3) is 3.80. The van der Waals surface area contributed by atoms with Gasteiger partial charge in [-0.15, -0.1) is 11.3 Å². The molecule has 0 fully saturated rings. The topological polar surface area (TPSA) is 38.2 Å². The van der Waals surface area contributed by atoms with Crippen molar-refractivity contribution in [2.45, 2.75) is 33.7 Å². The maximum Gasteiger partial charge on any atom is 0.128 e. The van der Waals surface area contributed by atoms with Crippen molar-refractivity contribution in [1.29, 1.82) is 0 Å². The first-order valence-corrected chi connectivity index (χ1v) is 7.97. The van der Waals surface area contributed by atoms with E-state index in [-0.39, 0.29) is 0 Å². The van der Waals surface area contributed by atoms with Crippen molar-refractivity contribution >= 4 is 11.3 Å². The molecule has 0 aliphatic rings. The molecule has 5 heteroatoms. The van der Waals surface area contributed by atoms with Crippen molar-refractivity contribution in [2.75, 3.05) is 20.7 Å². The van der Waals surface area contributed by atoms with Crippen LogP contribution in [0.5, 0.6) is 5.75 Å². The van der Waals surface area contributed by atoms with Crippen LogP contribution in [0.3, 0.4) is 0 Å². The van der Waals surface area contributed by atoms with Crippen molar-refractivity contribution < 1.29 is 4.74 Å². The highest BCUT2D eigenvalue weighted by atomic mass is 32.1. The van der Waals surface area contributed by atoms with E-state index in [4.69, 9.17) is 4.74 Å². The molecule has 0 N–H and O–H groups in total. The van der Waals surface area contributed by atoms with E-state index < -0.39 is 0 Å². The average Bonchev–Trinajstić information content (AvgIpc) is 2.86. The molecule has 0 saturated heterocycles.